The Bertz CT molecular complexity index is 363. The first-order chi connectivity index (χ1) is 8.65. The third-order valence-electron chi connectivity index (χ3n) is 2.57. The maximum Gasteiger partial charge on any atom is 0.137 e. The molecule has 1 aromatic carbocycles. The Morgan fingerprint density at radius 1 is 1.33 bits per heavy atom. The molecule has 0 radical (unpaired) electrons. The molecule has 1 unspecified atom stereocenters. The summed E-state index contributed by atoms with van der Waals surface area (Å²) < 4.78 is 23.8. The summed E-state index contributed by atoms with van der Waals surface area (Å²) in [5.74, 6) is -0.242. The Hall–Kier alpha value is -0.490. The van der Waals surface area contributed by atoms with Gasteiger partial charge in [0.1, 0.15) is 5.82 Å². The molecular weight excluding hydrogens is 301 g/mol. The molecule has 102 valence electrons. The number of halogens is 2. The second kappa shape index (κ2) is 8.58. The predicted molar refractivity (Wildman–Crippen MR) is 73.2 cm³/mol. The zero-order chi connectivity index (χ0) is 13.4. The van der Waals surface area contributed by atoms with E-state index in [9.17, 15) is 4.39 Å². The molecule has 1 N–H and O–H groups in total. The van der Waals surface area contributed by atoms with Gasteiger partial charge in [0, 0.05) is 19.7 Å². The molecule has 0 saturated carbocycles. The van der Waals surface area contributed by atoms with E-state index in [0.29, 0.717) is 24.3 Å². The van der Waals surface area contributed by atoms with Gasteiger partial charge in [0.15, 0.2) is 0 Å². The molecule has 0 aliphatic rings. The van der Waals surface area contributed by atoms with Gasteiger partial charge in [-0.25, -0.2) is 4.39 Å². The highest BCUT2D eigenvalue weighted by Crippen LogP contribution is 2.20. The molecule has 0 aliphatic carbocycles. The van der Waals surface area contributed by atoms with Gasteiger partial charge in [-0.1, -0.05) is 6.07 Å². The second-order valence-corrected chi connectivity index (χ2v) is 4.81. The van der Waals surface area contributed by atoms with E-state index in [1.807, 2.05) is 6.92 Å². The van der Waals surface area contributed by atoms with Crippen molar-refractivity contribution in [2.24, 2.45) is 0 Å². The summed E-state index contributed by atoms with van der Waals surface area (Å²) in [5.41, 5.74) is 1.04. The smallest absolute Gasteiger partial charge is 0.137 e. The fourth-order valence-electron chi connectivity index (χ4n) is 1.49. The van der Waals surface area contributed by atoms with Gasteiger partial charge >= 0.3 is 0 Å². The minimum atomic E-state index is -0.242. The van der Waals surface area contributed by atoms with Crippen molar-refractivity contribution in [3.05, 3.63) is 34.1 Å². The quantitative estimate of drug-likeness (QED) is 0.747. The number of methoxy groups -OCH3 is 1. The standard InChI is InChI=1S/C13H19BrFNO2/c1-10(16-5-6-18-8-7-17-2)11-3-4-13(15)12(14)9-11/h3-4,9-10,16H,5-8H2,1-2H3. The van der Waals surface area contributed by atoms with Crippen LogP contribution in [0.3, 0.4) is 0 Å². The average Bonchev–Trinajstić information content (AvgIpc) is 2.36. The zero-order valence-electron chi connectivity index (χ0n) is 10.7. The molecule has 18 heavy (non-hydrogen) atoms. The lowest BCUT2D eigenvalue weighted by atomic mass is 10.1. The number of benzene rings is 1. The lowest BCUT2D eigenvalue weighted by Gasteiger charge is -2.14. The van der Waals surface area contributed by atoms with Crippen molar-refractivity contribution in [2.45, 2.75) is 13.0 Å². The maximum absolute atomic E-state index is 13.1. The first kappa shape index (κ1) is 15.6. The molecule has 1 atom stereocenters. The molecule has 0 aliphatic heterocycles. The summed E-state index contributed by atoms with van der Waals surface area (Å²) in [7, 11) is 1.65. The van der Waals surface area contributed by atoms with Crippen molar-refractivity contribution in [1.29, 1.82) is 0 Å². The van der Waals surface area contributed by atoms with Crippen LogP contribution in [0.5, 0.6) is 0 Å². The van der Waals surface area contributed by atoms with E-state index >= 15 is 0 Å². The lowest BCUT2D eigenvalue weighted by Crippen LogP contribution is -2.23. The number of rotatable bonds is 8. The van der Waals surface area contributed by atoms with Crippen molar-refractivity contribution in [3.63, 3.8) is 0 Å². The summed E-state index contributed by atoms with van der Waals surface area (Å²) in [4.78, 5) is 0. The van der Waals surface area contributed by atoms with E-state index in [1.54, 1.807) is 19.2 Å². The van der Waals surface area contributed by atoms with Gasteiger partial charge in [-0.2, -0.15) is 0 Å². The minimum absolute atomic E-state index is 0.160. The Labute approximate surface area is 116 Å². The van der Waals surface area contributed by atoms with Crippen molar-refractivity contribution < 1.29 is 13.9 Å². The van der Waals surface area contributed by atoms with Crippen LogP contribution < -0.4 is 5.32 Å². The van der Waals surface area contributed by atoms with Gasteiger partial charge in [0.05, 0.1) is 24.3 Å². The first-order valence-corrected chi connectivity index (χ1v) is 6.69. The fourth-order valence-corrected chi connectivity index (χ4v) is 1.89. The van der Waals surface area contributed by atoms with Crippen LogP contribution in [0.2, 0.25) is 0 Å². The predicted octanol–water partition coefficient (Wildman–Crippen LogP) is 2.90. The summed E-state index contributed by atoms with van der Waals surface area (Å²) >= 11 is 3.18. The number of hydrogen-bond acceptors (Lipinski definition) is 3. The Morgan fingerprint density at radius 2 is 2.11 bits per heavy atom. The van der Waals surface area contributed by atoms with Gasteiger partial charge in [-0.05, 0) is 40.5 Å². The van der Waals surface area contributed by atoms with Crippen LogP contribution in [0.1, 0.15) is 18.5 Å². The fraction of sp³-hybridized carbons (Fsp3) is 0.538. The topological polar surface area (TPSA) is 30.5 Å². The zero-order valence-corrected chi connectivity index (χ0v) is 12.3. The van der Waals surface area contributed by atoms with Crippen LogP contribution in [-0.2, 0) is 9.47 Å². The van der Waals surface area contributed by atoms with Crippen LogP contribution >= 0.6 is 15.9 Å². The van der Waals surface area contributed by atoms with E-state index in [-0.39, 0.29) is 11.9 Å². The van der Waals surface area contributed by atoms with E-state index in [1.165, 1.54) is 6.07 Å². The Balaban J connectivity index is 2.27. The number of nitrogens with one attached hydrogen (secondary N) is 1. The normalized spacial score (nSPS) is 12.7. The Morgan fingerprint density at radius 3 is 2.78 bits per heavy atom. The number of ether oxygens (including phenoxy) is 2. The average molecular weight is 320 g/mol. The third kappa shape index (κ3) is 5.44. The van der Waals surface area contributed by atoms with Crippen LogP contribution in [0.15, 0.2) is 22.7 Å². The molecule has 5 heteroatoms. The molecule has 0 fully saturated rings. The third-order valence-corrected chi connectivity index (χ3v) is 3.18. The van der Waals surface area contributed by atoms with Crippen LogP contribution in [0.25, 0.3) is 0 Å². The highest BCUT2D eigenvalue weighted by atomic mass is 79.9. The van der Waals surface area contributed by atoms with Crippen LogP contribution in [-0.4, -0.2) is 33.5 Å². The van der Waals surface area contributed by atoms with Crippen molar-refractivity contribution in [2.75, 3.05) is 33.5 Å². The summed E-state index contributed by atoms with van der Waals surface area (Å²) in [6.45, 7) is 4.64. The monoisotopic (exact) mass is 319 g/mol. The van der Waals surface area contributed by atoms with Crippen LogP contribution in [0.4, 0.5) is 4.39 Å². The maximum atomic E-state index is 13.1. The first-order valence-electron chi connectivity index (χ1n) is 5.90. The number of hydrogen-bond donors (Lipinski definition) is 1. The molecular formula is C13H19BrFNO2. The van der Waals surface area contributed by atoms with E-state index in [0.717, 1.165) is 12.1 Å². The van der Waals surface area contributed by atoms with Gasteiger partial charge in [-0.15, -0.1) is 0 Å². The highest BCUT2D eigenvalue weighted by molar-refractivity contribution is 9.10. The molecule has 0 amide bonds. The largest absolute Gasteiger partial charge is 0.382 e. The summed E-state index contributed by atoms with van der Waals surface area (Å²) in [5, 5.41) is 3.31. The lowest BCUT2D eigenvalue weighted by molar-refractivity contribution is 0.0712. The van der Waals surface area contributed by atoms with Gasteiger partial charge in [0.2, 0.25) is 0 Å². The van der Waals surface area contributed by atoms with Gasteiger partial charge in [0.25, 0.3) is 0 Å². The molecule has 0 saturated heterocycles. The van der Waals surface area contributed by atoms with E-state index in [2.05, 4.69) is 21.2 Å². The summed E-state index contributed by atoms with van der Waals surface area (Å²) in [6, 6.07) is 5.20. The molecule has 3 nitrogen and oxygen atoms in total. The molecule has 0 bridgehead atoms. The van der Waals surface area contributed by atoms with Gasteiger partial charge < -0.3 is 14.8 Å². The second-order valence-electron chi connectivity index (χ2n) is 3.95. The van der Waals surface area contributed by atoms with Crippen molar-refractivity contribution in [1.82, 2.24) is 5.32 Å². The molecule has 0 heterocycles. The molecule has 1 aromatic rings. The summed E-state index contributed by atoms with van der Waals surface area (Å²) in [6.07, 6.45) is 0. The van der Waals surface area contributed by atoms with Crippen molar-refractivity contribution >= 4 is 15.9 Å². The Kier molecular flexibility index (Phi) is 7.42. The molecule has 0 spiro atoms. The van der Waals surface area contributed by atoms with Crippen LogP contribution in [0, 0.1) is 5.82 Å². The van der Waals surface area contributed by atoms with E-state index < -0.39 is 0 Å². The molecule has 1 rings (SSSR count). The highest BCUT2D eigenvalue weighted by Gasteiger charge is 2.07. The SMILES string of the molecule is COCCOCCNC(C)c1ccc(F)c(Br)c1. The molecule has 0 aromatic heterocycles. The van der Waals surface area contributed by atoms with E-state index in [4.69, 9.17) is 9.47 Å². The minimum Gasteiger partial charge on any atom is -0.382 e. The van der Waals surface area contributed by atoms with Crippen molar-refractivity contribution in [3.8, 4) is 0 Å². The van der Waals surface area contributed by atoms with Gasteiger partial charge in [-0.3, -0.25) is 0 Å².